The molecule has 0 aromatic rings. The predicted molar refractivity (Wildman–Crippen MR) is 38.7 cm³/mol. The molecule has 0 spiro atoms. The van der Waals surface area contributed by atoms with E-state index < -0.39 is 5.97 Å². The van der Waals surface area contributed by atoms with Crippen LogP contribution >= 0.6 is 0 Å². The maximum absolute atomic E-state index is 9.65. The number of carboxylic acids is 1. The van der Waals surface area contributed by atoms with Crippen molar-refractivity contribution in [3.8, 4) is 0 Å². The third-order valence-electron chi connectivity index (χ3n) is 0.549. The van der Waals surface area contributed by atoms with E-state index in [0.29, 0.717) is 6.42 Å². The summed E-state index contributed by atoms with van der Waals surface area (Å²) >= 11 is 0. The molecule has 0 bridgehead atoms. The first-order valence-electron chi connectivity index (χ1n) is 3.21. The minimum absolute atomic E-state index is 0.0354. The molecule has 0 saturated carbocycles. The van der Waals surface area contributed by atoms with Crippen molar-refractivity contribution >= 4 is 5.97 Å². The minimum Gasteiger partial charge on any atom is -0.481 e. The molecule has 0 unspecified atom stereocenters. The Morgan fingerprint density at radius 3 is 2.10 bits per heavy atom. The number of aliphatic hydroxyl groups is 1. The zero-order valence-electron chi connectivity index (χ0n) is 6.21. The highest BCUT2D eigenvalue weighted by Crippen LogP contribution is 1.83. The van der Waals surface area contributed by atoms with E-state index in [2.05, 4.69) is 0 Å². The topological polar surface area (TPSA) is 83.6 Å². The third-order valence-corrected chi connectivity index (χ3v) is 0.549. The third kappa shape index (κ3) is 26.3. The number of hydrogen-bond acceptors (Lipinski definition) is 3. The van der Waals surface area contributed by atoms with E-state index in [-0.39, 0.29) is 13.0 Å². The van der Waals surface area contributed by atoms with E-state index >= 15 is 0 Å². The summed E-state index contributed by atoms with van der Waals surface area (Å²) in [5, 5.41) is 16.0. The summed E-state index contributed by atoms with van der Waals surface area (Å²) in [5.74, 6) is -0.853. The van der Waals surface area contributed by atoms with E-state index in [4.69, 9.17) is 15.9 Å². The van der Waals surface area contributed by atoms with Crippen LogP contribution in [0.3, 0.4) is 0 Å². The summed E-state index contributed by atoms with van der Waals surface area (Å²) in [6.07, 6.45) is 0.422. The highest BCUT2D eigenvalue weighted by molar-refractivity contribution is 5.66. The van der Waals surface area contributed by atoms with Crippen molar-refractivity contribution in [1.82, 2.24) is 0 Å². The zero-order valence-corrected chi connectivity index (χ0v) is 6.21. The van der Waals surface area contributed by atoms with Gasteiger partial charge in [0, 0.05) is 13.0 Å². The van der Waals surface area contributed by atoms with E-state index in [1.807, 2.05) is 6.92 Å². The number of carbonyl (C=O) groups is 1. The molecule has 0 aliphatic carbocycles. The first-order valence-corrected chi connectivity index (χ1v) is 3.21. The molecule has 0 heterocycles. The maximum atomic E-state index is 9.65. The Balaban J connectivity index is 0. The van der Waals surface area contributed by atoms with Crippen LogP contribution in [-0.2, 0) is 4.79 Å². The van der Waals surface area contributed by atoms with Gasteiger partial charge in [-0.1, -0.05) is 6.92 Å². The Morgan fingerprint density at radius 1 is 1.60 bits per heavy atom. The highest BCUT2D eigenvalue weighted by Gasteiger charge is 1.91. The van der Waals surface area contributed by atoms with Crippen LogP contribution in [0.5, 0.6) is 0 Å². The van der Waals surface area contributed by atoms with E-state index in [0.717, 1.165) is 6.54 Å². The van der Waals surface area contributed by atoms with Crippen molar-refractivity contribution in [3.63, 3.8) is 0 Å². The number of rotatable bonds is 3. The zero-order chi connectivity index (χ0) is 8.41. The lowest BCUT2D eigenvalue weighted by atomic mass is 10.3. The van der Waals surface area contributed by atoms with Crippen LogP contribution in [0.4, 0.5) is 0 Å². The average molecular weight is 149 g/mol. The molecule has 0 aromatic heterocycles. The van der Waals surface area contributed by atoms with Gasteiger partial charge in [-0.2, -0.15) is 0 Å². The molecular formula is C6H15NO3. The van der Waals surface area contributed by atoms with E-state index in [1.54, 1.807) is 0 Å². The van der Waals surface area contributed by atoms with Gasteiger partial charge in [-0.3, -0.25) is 4.79 Å². The van der Waals surface area contributed by atoms with Gasteiger partial charge in [0.25, 0.3) is 0 Å². The van der Waals surface area contributed by atoms with Gasteiger partial charge in [0.2, 0.25) is 0 Å². The molecule has 0 radical (unpaired) electrons. The van der Waals surface area contributed by atoms with Gasteiger partial charge in [0.1, 0.15) is 0 Å². The molecule has 0 rings (SSSR count). The first-order chi connectivity index (χ1) is 4.68. The number of carboxylic acid groups (broad SMARTS) is 1. The van der Waals surface area contributed by atoms with Gasteiger partial charge in [0.05, 0.1) is 0 Å². The van der Waals surface area contributed by atoms with Gasteiger partial charge < -0.3 is 15.9 Å². The Morgan fingerprint density at radius 2 is 2.00 bits per heavy atom. The summed E-state index contributed by atoms with van der Waals surface area (Å²) in [6.45, 7) is 2.62. The van der Waals surface area contributed by atoms with Gasteiger partial charge in [-0.15, -0.1) is 0 Å². The Bertz CT molecular complexity index is 75.4. The Hall–Kier alpha value is -0.610. The lowest BCUT2D eigenvalue weighted by Gasteiger charge is -1.85. The largest absolute Gasteiger partial charge is 0.481 e. The van der Waals surface area contributed by atoms with Crippen molar-refractivity contribution in [3.05, 3.63) is 0 Å². The van der Waals surface area contributed by atoms with Crippen LogP contribution in [0, 0.1) is 0 Å². The minimum atomic E-state index is -0.853. The van der Waals surface area contributed by atoms with Crippen molar-refractivity contribution in [2.24, 2.45) is 5.73 Å². The molecule has 0 atom stereocenters. The lowest BCUT2D eigenvalue weighted by Crippen LogP contribution is -1.95. The molecule has 0 saturated heterocycles. The fraction of sp³-hybridized carbons (Fsp3) is 0.833. The van der Waals surface area contributed by atoms with E-state index in [9.17, 15) is 4.79 Å². The maximum Gasteiger partial charge on any atom is 0.303 e. The number of aliphatic hydroxyl groups excluding tert-OH is 1. The summed E-state index contributed by atoms with van der Waals surface area (Å²) in [5.41, 5.74) is 4.85. The van der Waals surface area contributed by atoms with Gasteiger partial charge in [0.15, 0.2) is 0 Å². The van der Waals surface area contributed by atoms with Crippen molar-refractivity contribution in [2.45, 2.75) is 19.8 Å². The standard InChI is InChI=1S/C4H8O3.C2H7N/c5-3-1-2-4(6)7;1-2-3/h5H,1-3H2,(H,6,7);2-3H2,1H3. The number of hydrogen-bond donors (Lipinski definition) is 3. The molecule has 0 aromatic carbocycles. The Labute approximate surface area is 60.7 Å². The predicted octanol–water partition coefficient (Wildman–Crippen LogP) is -0.192. The fourth-order valence-corrected chi connectivity index (χ4v) is 0.230. The van der Waals surface area contributed by atoms with Gasteiger partial charge in [-0.05, 0) is 13.0 Å². The quantitative estimate of drug-likeness (QED) is 0.519. The van der Waals surface area contributed by atoms with Crippen LogP contribution in [0.2, 0.25) is 0 Å². The summed E-state index contributed by atoms with van der Waals surface area (Å²) < 4.78 is 0. The van der Waals surface area contributed by atoms with Gasteiger partial charge >= 0.3 is 5.97 Å². The van der Waals surface area contributed by atoms with Crippen molar-refractivity contribution in [2.75, 3.05) is 13.2 Å². The second-order valence-corrected chi connectivity index (χ2v) is 1.63. The second kappa shape index (κ2) is 11.2. The second-order valence-electron chi connectivity index (χ2n) is 1.63. The molecule has 4 N–H and O–H groups in total. The van der Waals surface area contributed by atoms with Crippen molar-refractivity contribution in [1.29, 1.82) is 0 Å². The first kappa shape index (κ1) is 12.1. The monoisotopic (exact) mass is 149 g/mol. The molecule has 10 heavy (non-hydrogen) atoms. The fourth-order valence-electron chi connectivity index (χ4n) is 0.230. The van der Waals surface area contributed by atoms with E-state index in [1.165, 1.54) is 0 Å². The lowest BCUT2D eigenvalue weighted by molar-refractivity contribution is -0.137. The Kier molecular flexibility index (Phi) is 13.6. The SMILES string of the molecule is CCN.O=C(O)CCCO. The highest BCUT2D eigenvalue weighted by atomic mass is 16.4. The van der Waals surface area contributed by atoms with Gasteiger partial charge in [-0.25, -0.2) is 0 Å². The molecule has 4 heteroatoms. The summed E-state index contributed by atoms with van der Waals surface area (Å²) in [6, 6.07) is 0. The molecule has 0 aliphatic heterocycles. The smallest absolute Gasteiger partial charge is 0.303 e. The van der Waals surface area contributed by atoms with Crippen LogP contribution in [0.1, 0.15) is 19.8 Å². The van der Waals surface area contributed by atoms with Crippen LogP contribution < -0.4 is 5.73 Å². The molecular weight excluding hydrogens is 134 g/mol. The van der Waals surface area contributed by atoms with Crippen molar-refractivity contribution < 1.29 is 15.0 Å². The molecule has 62 valence electrons. The van der Waals surface area contributed by atoms with Crippen LogP contribution in [0.25, 0.3) is 0 Å². The van der Waals surface area contributed by atoms with Crippen LogP contribution in [-0.4, -0.2) is 29.3 Å². The molecule has 0 amide bonds. The molecule has 4 nitrogen and oxygen atoms in total. The summed E-state index contributed by atoms with van der Waals surface area (Å²) in [4.78, 5) is 9.65. The molecule has 0 aliphatic rings. The summed E-state index contributed by atoms with van der Waals surface area (Å²) in [7, 11) is 0. The molecule has 0 fully saturated rings. The van der Waals surface area contributed by atoms with Crippen LogP contribution in [0.15, 0.2) is 0 Å². The number of aliphatic carboxylic acids is 1. The normalized spacial score (nSPS) is 7.90. The average Bonchev–Trinajstić information content (AvgIpc) is 1.85. The number of nitrogens with two attached hydrogens (primary N) is 1.